The van der Waals surface area contributed by atoms with E-state index in [-0.39, 0.29) is 5.63 Å². The standard InChI is InChI=1S/C27H33N3O2S/c1-6-28(7-2)22-14-12-20-18-21(27(31)32-24(20)19-22)13-15-26-29(16-17-30(3,4)5)23-10-8-9-11-25(23)33-26/h8-15,18-19H,6-7,16-17H2,1-5H3/q+2. The second-order valence-electron chi connectivity index (χ2n) is 9.29. The number of quaternary nitrogens is 1. The Morgan fingerprint density at radius 2 is 1.79 bits per heavy atom. The molecule has 2 aromatic carbocycles. The van der Waals surface area contributed by atoms with Gasteiger partial charge in [-0.2, -0.15) is 4.57 Å². The lowest BCUT2D eigenvalue weighted by atomic mass is 10.1. The Hall–Kier alpha value is -2.96. The zero-order valence-corrected chi connectivity index (χ0v) is 21.0. The predicted molar refractivity (Wildman–Crippen MR) is 140 cm³/mol. The molecule has 0 unspecified atom stereocenters. The molecular formula is C27H33N3O2S+2. The monoisotopic (exact) mass is 463 g/mol. The van der Waals surface area contributed by atoms with Crippen molar-refractivity contribution in [2.45, 2.75) is 20.4 Å². The van der Waals surface area contributed by atoms with Gasteiger partial charge >= 0.3 is 5.63 Å². The maximum absolute atomic E-state index is 12.8. The molecule has 0 saturated heterocycles. The Bertz CT molecular complexity index is 1360. The molecular weight excluding hydrogens is 430 g/mol. The highest BCUT2D eigenvalue weighted by atomic mass is 32.1. The van der Waals surface area contributed by atoms with Crippen LogP contribution in [0, 0.1) is 0 Å². The minimum absolute atomic E-state index is 0.311. The Kier molecular flexibility index (Phi) is 6.68. The van der Waals surface area contributed by atoms with Crippen LogP contribution < -0.4 is 15.1 Å². The van der Waals surface area contributed by atoms with Crippen LogP contribution in [0.3, 0.4) is 0 Å². The van der Waals surface area contributed by atoms with Crippen LogP contribution in [0.4, 0.5) is 5.69 Å². The quantitative estimate of drug-likeness (QED) is 0.209. The van der Waals surface area contributed by atoms with Gasteiger partial charge in [-0.15, -0.1) is 0 Å². The van der Waals surface area contributed by atoms with Gasteiger partial charge < -0.3 is 13.8 Å². The number of likely N-dealkylation sites (N-methyl/N-ethyl adjacent to an activating group) is 1. The van der Waals surface area contributed by atoms with Gasteiger partial charge in [0.2, 0.25) is 5.52 Å². The Labute approximate surface area is 199 Å². The van der Waals surface area contributed by atoms with Crippen molar-refractivity contribution in [3.63, 3.8) is 0 Å². The second kappa shape index (κ2) is 9.49. The number of anilines is 1. The summed E-state index contributed by atoms with van der Waals surface area (Å²) in [5.41, 5.74) is 3.18. The van der Waals surface area contributed by atoms with Gasteiger partial charge in [-0.05, 0) is 44.2 Å². The molecule has 33 heavy (non-hydrogen) atoms. The molecule has 2 heterocycles. The van der Waals surface area contributed by atoms with Crippen LogP contribution in [0.25, 0.3) is 33.3 Å². The largest absolute Gasteiger partial charge is 0.422 e. The summed E-state index contributed by atoms with van der Waals surface area (Å²) >= 11 is 1.74. The summed E-state index contributed by atoms with van der Waals surface area (Å²) in [7, 11) is 6.61. The fourth-order valence-electron chi connectivity index (χ4n) is 3.99. The average Bonchev–Trinajstić information content (AvgIpc) is 3.14. The number of para-hydroxylation sites is 1. The number of benzene rings is 2. The lowest BCUT2D eigenvalue weighted by molar-refractivity contribution is -0.890. The molecule has 4 aromatic rings. The van der Waals surface area contributed by atoms with Crippen LogP contribution in [0.2, 0.25) is 0 Å². The van der Waals surface area contributed by atoms with Crippen molar-refractivity contribution in [1.82, 2.24) is 0 Å². The number of fused-ring (bicyclic) bond motifs is 2. The van der Waals surface area contributed by atoms with Gasteiger partial charge in [0.05, 0.1) is 26.7 Å². The topological polar surface area (TPSA) is 37.3 Å². The molecule has 0 saturated carbocycles. The lowest BCUT2D eigenvalue weighted by Gasteiger charge is -2.21. The van der Waals surface area contributed by atoms with E-state index < -0.39 is 0 Å². The first-order chi connectivity index (χ1) is 15.8. The molecule has 0 aliphatic rings. The lowest BCUT2D eigenvalue weighted by Crippen LogP contribution is -2.46. The zero-order valence-electron chi connectivity index (χ0n) is 20.2. The Morgan fingerprint density at radius 1 is 1.03 bits per heavy atom. The molecule has 172 valence electrons. The van der Waals surface area contributed by atoms with Gasteiger partial charge in [-0.3, -0.25) is 0 Å². The highest BCUT2D eigenvalue weighted by molar-refractivity contribution is 7.18. The Morgan fingerprint density at radius 3 is 2.52 bits per heavy atom. The number of rotatable bonds is 8. The van der Waals surface area contributed by atoms with E-state index in [0.717, 1.165) is 46.7 Å². The second-order valence-corrected chi connectivity index (χ2v) is 10.4. The van der Waals surface area contributed by atoms with Crippen LogP contribution in [0.5, 0.6) is 0 Å². The molecule has 0 spiro atoms. The molecule has 0 amide bonds. The van der Waals surface area contributed by atoms with Crippen molar-refractivity contribution >= 4 is 50.4 Å². The summed E-state index contributed by atoms with van der Waals surface area (Å²) in [6.07, 6.45) is 3.93. The first-order valence-corrected chi connectivity index (χ1v) is 12.3. The first kappa shape index (κ1) is 23.2. The predicted octanol–water partition coefficient (Wildman–Crippen LogP) is 5.02. The highest BCUT2D eigenvalue weighted by Gasteiger charge is 2.21. The molecule has 0 aliphatic heterocycles. The van der Waals surface area contributed by atoms with E-state index in [2.05, 4.69) is 74.8 Å². The van der Waals surface area contributed by atoms with Gasteiger partial charge in [-0.25, -0.2) is 4.79 Å². The number of nitrogens with zero attached hydrogens (tertiary/aromatic N) is 3. The van der Waals surface area contributed by atoms with Crippen LogP contribution in [-0.2, 0) is 6.54 Å². The van der Waals surface area contributed by atoms with Gasteiger partial charge in [0.1, 0.15) is 16.8 Å². The summed E-state index contributed by atoms with van der Waals surface area (Å²) in [6, 6.07) is 16.5. The average molecular weight is 464 g/mol. The van der Waals surface area contributed by atoms with Crippen LogP contribution >= 0.6 is 11.3 Å². The van der Waals surface area contributed by atoms with E-state index >= 15 is 0 Å². The zero-order chi connectivity index (χ0) is 23.6. The Balaban J connectivity index is 1.70. The molecule has 6 heteroatoms. The summed E-state index contributed by atoms with van der Waals surface area (Å²) in [4.78, 5) is 15.0. The SMILES string of the molecule is CCN(CC)c1ccc2cc(C=Cc3sc4ccccc4[n+]3CC[N+](C)(C)C)c(=O)oc2c1. The minimum atomic E-state index is -0.311. The molecule has 0 atom stereocenters. The van der Waals surface area contributed by atoms with Crippen LogP contribution in [0.1, 0.15) is 24.4 Å². The molecule has 0 bridgehead atoms. The van der Waals surface area contributed by atoms with Crippen molar-refractivity contribution in [1.29, 1.82) is 0 Å². The van der Waals surface area contributed by atoms with E-state index in [4.69, 9.17) is 4.42 Å². The summed E-state index contributed by atoms with van der Waals surface area (Å²) in [5.74, 6) is 0. The molecule has 0 aliphatic carbocycles. The number of thiazole rings is 1. The third-order valence-electron chi connectivity index (χ3n) is 5.91. The molecule has 0 fully saturated rings. The summed E-state index contributed by atoms with van der Waals surface area (Å²) in [6.45, 7) is 8.00. The fraction of sp³-hybridized carbons (Fsp3) is 0.333. The van der Waals surface area contributed by atoms with Crippen LogP contribution in [0.15, 0.2) is 57.7 Å². The van der Waals surface area contributed by atoms with Crippen molar-refractivity contribution in [3.05, 3.63) is 69.5 Å². The van der Waals surface area contributed by atoms with E-state index in [1.807, 2.05) is 30.4 Å². The normalized spacial score (nSPS) is 12.3. The molecule has 5 nitrogen and oxygen atoms in total. The number of hydrogen-bond acceptors (Lipinski definition) is 4. The van der Waals surface area contributed by atoms with Crippen molar-refractivity contribution < 1.29 is 13.5 Å². The molecule has 0 radical (unpaired) electrons. The summed E-state index contributed by atoms with van der Waals surface area (Å²) < 4.78 is 10.2. The van der Waals surface area contributed by atoms with E-state index in [9.17, 15) is 4.79 Å². The van der Waals surface area contributed by atoms with Gasteiger partial charge in [0.25, 0.3) is 5.01 Å². The number of aromatic nitrogens is 1. The third-order valence-corrected chi connectivity index (χ3v) is 7.04. The third kappa shape index (κ3) is 5.18. The maximum Gasteiger partial charge on any atom is 0.343 e. The number of hydrogen-bond donors (Lipinski definition) is 0. The molecule has 4 rings (SSSR count). The maximum atomic E-state index is 12.8. The van der Waals surface area contributed by atoms with Gasteiger partial charge in [0.15, 0.2) is 6.54 Å². The van der Waals surface area contributed by atoms with Crippen molar-refractivity contribution in [2.24, 2.45) is 0 Å². The fourth-order valence-corrected chi connectivity index (χ4v) is 5.08. The van der Waals surface area contributed by atoms with E-state index in [1.165, 1.54) is 10.2 Å². The van der Waals surface area contributed by atoms with E-state index in [0.29, 0.717) is 11.1 Å². The van der Waals surface area contributed by atoms with Crippen molar-refractivity contribution in [2.75, 3.05) is 45.7 Å². The first-order valence-electron chi connectivity index (χ1n) is 11.5. The molecule has 0 N–H and O–H groups in total. The van der Waals surface area contributed by atoms with Crippen molar-refractivity contribution in [3.8, 4) is 0 Å². The molecule has 2 aromatic heterocycles. The highest BCUT2D eigenvalue weighted by Crippen LogP contribution is 2.24. The summed E-state index contributed by atoms with van der Waals surface area (Å²) in [5, 5.41) is 2.06. The van der Waals surface area contributed by atoms with Gasteiger partial charge in [-0.1, -0.05) is 23.5 Å². The smallest absolute Gasteiger partial charge is 0.343 e. The van der Waals surface area contributed by atoms with Crippen LogP contribution in [-0.4, -0.2) is 45.3 Å². The van der Waals surface area contributed by atoms with E-state index in [1.54, 1.807) is 11.3 Å². The minimum Gasteiger partial charge on any atom is -0.422 e. The van der Waals surface area contributed by atoms with Gasteiger partial charge in [0, 0.05) is 42.4 Å².